The molecule has 3 aromatic rings. The largest absolute Gasteiger partial charge is 0.289 e. The van der Waals surface area contributed by atoms with Gasteiger partial charge >= 0.3 is 0 Å². The zero-order valence-corrected chi connectivity index (χ0v) is 14.7. The van der Waals surface area contributed by atoms with Gasteiger partial charge in [-0.25, -0.2) is 9.37 Å². The van der Waals surface area contributed by atoms with Crippen molar-refractivity contribution in [3.63, 3.8) is 0 Å². The molecular formula is C18H16ClFN2S. The lowest BCUT2D eigenvalue weighted by atomic mass is 10.1. The van der Waals surface area contributed by atoms with Crippen molar-refractivity contribution in [3.05, 3.63) is 59.1 Å². The first kappa shape index (κ1) is 15.9. The molecule has 118 valence electrons. The second kappa shape index (κ2) is 5.92. The van der Waals surface area contributed by atoms with E-state index in [2.05, 4.69) is 34.9 Å². The molecule has 0 bridgehead atoms. The SMILES string of the molecule is CS(C)(C)C#Cc1c(-c2ccc(Cl)cc2)nc2ccc(F)cn12. The summed E-state index contributed by atoms with van der Waals surface area (Å²) in [4.78, 5) is 4.61. The normalized spacial score (nSPS) is 12.0. The quantitative estimate of drug-likeness (QED) is 0.579. The number of imidazole rings is 1. The summed E-state index contributed by atoms with van der Waals surface area (Å²) in [6, 6.07) is 10.5. The van der Waals surface area contributed by atoms with Crippen molar-refractivity contribution < 1.29 is 4.39 Å². The lowest BCUT2D eigenvalue weighted by Gasteiger charge is -2.14. The third-order valence-electron chi connectivity index (χ3n) is 3.18. The number of hydrogen-bond acceptors (Lipinski definition) is 1. The number of halogens is 2. The summed E-state index contributed by atoms with van der Waals surface area (Å²) < 4.78 is 15.4. The third kappa shape index (κ3) is 3.52. The molecule has 2 nitrogen and oxygen atoms in total. The van der Waals surface area contributed by atoms with Crippen LogP contribution in [0.4, 0.5) is 4.39 Å². The highest BCUT2D eigenvalue weighted by Gasteiger charge is 2.13. The van der Waals surface area contributed by atoms with Gasteiger partial charge < -0.3 is 0 Å². The Morgan fingerprint density at radius 2 is 1.78 bits per heavy atom. The van der Waals surface area contributed by atoms with Gasteiger partial charge in [-0.05, 0) is 54.2 Å². The zero-order valence-electron chi connectivity index (χ0n) is 13.1. The zero-order chi connectivity index (χ0) is 16.6. The fourth-order valence-electron chi connectivity index (χ4n) is 2.15. The molecule has 0 saturated heterocycles. The van der Waals surface area contributed by atoms with Crippen molar-refractivity contribution in [2.75, 3.05) is 18.8 Å². The first-order valence-electron chi connectivity index (χ1n) is 6.98. The lowest BCUT2D eigenvalue weighted by molar-refractivity contribution is 0.619. The monoisotopic (exact) mass is 346 g/mol. The first-order chi connectivity index (χ1) is 10.8. The van der Waals surface area contributed by atoms with E-state index in [9.17, 15) is 4.39 Å². The van der Waals surface area contributed by atoms with Crippen LogP contribution >= 0.6 is 21.6 Å². The standard InChI is InChI=1S/C18H16ClFN2S/c1-23(2,3)11-10-16-18(13-4-6-14(19)7-5-13)21-17-9-8-15(20)12-22(16)17/h4-9,12H,1-3H3. The maximum Gasteiger partial charge on any atom is 0.139 e. The third-order valence-corrected chi connectivity index (χ3v) is 4.14. The summed E-state index contributed by atoms with van der Waals surface area (Å²) >= 11 is 5.96. The van der Waals surface area contributed by atoms with Crippen molar-refractivity contribution in [3.8, 4) is 22.4 Å². The Balaban J connectivity index is 2.27. The summed E-state index contributed by atoms with van der Waals surface area (Å²) in [5, 5.41) is 3.94. The molecule has 0 fully saturated rings. The highest BCUT2D eigenvalue weighted by molar-refractivity contribution is 8.35. The molecule has 5 heteroatoms. The van der Waals surface area contributed by atoms with E-state index in [-0.39, 0.29) is 5.82 Å². The van der Waals surface area contributed by atoms with Crippen LogP contribution in [0.15, 0.2) is 42.6 Å². The molecule has 2 heterocycles. The maximum absolute atomic E-state index is 13.6. The molecule has 0 N–H and O–H groups in total. The van der Waals surface area contributed by atoms with Crippen LogP contribution in [0.5, 0.6) is 0 Å². The first-order valence-corrected chi connectivity index (χ1v) is 10.2. The minimum Gasteiger partial charge on any atom is -0.289 e. The van der Waals surface area contributed by atoms with E-state index >= 15 is 0 Å². The molecule has 0 unspecified atom stereocenters. The molecule has 0 radical (unpaired) electrons. The Kier molecular flexibility index (Phi) is 4.09. The van der Waals surface area contributed by atoms with Crippen LogP contribution < -0.4 is 0 Å². The summed E-state index contributed by atoms with van der Waals surface area (Å²) in [6.45, 7) is 0. The van der Waals surface area contributed by atoms with E-state index in [1.54, 1.807) is 10.5 Å². The summed E-state index contributed by atoms with van der Waals surface area (Å²) in [7, 11) is -1.00. The van der Waals surface area contributed by atoms with Crippen LogP contribution in [0, 0.1) is 17.0 Å². The van der Waals surface area contributed by atoms with E-state index in [0.717, 1.165) is 11.3 Å². The van der Waals surface area contributed by atoms with Gasteiger partial charge in [-0.15, -0.1) is 0 Å². The second-order valence-electron chi connectivity index (χ2n) is 5.96. The Morgan fingerprint density at radius 1 is 1.09 bits per heavy atom. The molecule has 0 aliphatic carbocycles. The van der Waals surface area contributed by atoms with E-state index in [1.165, 1.54) is 12.3 Å². The van der Waals surface area contributed by atoms with Gasteiger partial charge in [0.05, 0.1) is 0 Å². The number of rotatable bonds is 1. The molecule has 2 aromatic heterocycles. The predicted octanol–water partition coefficient (Wildman–Crippen LogP) is 4.80. The maximum atomic E-state index is 13.6. The average Bonchev–Trinajstić information content (AvgIpc) is 2.83. The molecule has 0 saturated carbocycles. The predicted molar refractivity (Wildman–Crippen MR) is 97.8 cm³/mol. The minimum atomic E-state index is -1.00. The van der Waals surface area contributed by atoms with Gasteiger partial charge in [0.1, 0.15) is 22.9 Å². The van der Waals surface area contributed by atoms with Crippen LogP contribution in [0.2, 0.25) is 5.02 Å². The van der Waals surface area contributed by atoms with Crippen molar-refractivity contribution in [2.24, 2.45) is 0 Å². The molecule has 3 rings (SSSR count). The van der Waals surface area contributed by atoms with Crippen LogP contribution in [0.25, 0.3) is 16.9 Å². The molecule has 23 heavy (non-hydrogen) atoms. The average molecular weight is 347 g/mol. The van der Waals surface area contributed by atoms with Gasteiger partial charge in [-0.2, -0.15) is 10.0 Å². The summed E-state index contributed by atoms with van der Waals surface area (Å²) in [6.07, 6.45) is 7.77. The molecule has 0 aliphatic rings. The number of fused-ring (bicyclic) bond motifs is 1. The van der Waals surface area contributed by atoms with Gasteiger partial charge in [0.15, 0.2) is 0 Å². The number of pyridine rings is 1. The van der Waals surface area contributed by atoms with Crippen LogP contribution in [0.3, 0.4) is 0 Å². The molecule has 0 aliphatic heterocycles. The van der Waals surface area contributed by atoms with E-state index in [0.29, 0.717) is 16.4 Å². The Labute approximate surface area is 141 Å². The molecule has 0 amide bonds. The van der Waals surface area contributed by atoms with Gasteiger partial charge in [0.25, 0.3) is 0 Å². The highest BCUT2D eigenvalue weighted by atomic mass is 35.5. The number of hydrogen-bond donors (Lipinski definition) is 0. The fourth-order valence-corrected chi connectivity index (χ4v) is 2.68. The van der Waals surface area contributed by atoms with Crippen molar-refractivity contribution in [1.29, 1.82) is 0 Å². The molecule has 1 aromatic carbocycles. The van der Waals surface area contributed by atoms with E-state index in [1.807, 2.05) is 24.3 Å². The minimum absolute atomic E-state index is 0.316. The topological polar surface area (TPSA) is 17.3 Å². The van der Waals surface area contributed by atoms with Gasteiger partial charge in [0.2, 0.25) is 0 Å². The fraction of sp³-hybridized carbons (Fsp3) is 0.167. The van der Waals surface area contributed by atoms with E-state index in [4.69, 9.17) is 11.6 Å². The molecule has 0 atom stereocenters. The number of nitrogens with zero attached hydrogens (tertiary/aromatic N) is 2. The van der Waals surface area contributed by atoms with Gasteiger partial charge in [-0.1, -0.05) is 23.7 Å². The van der Waals surface area contributed by atoms with Gasteiger partial charge in [0, 0.05) is 16.8 Å². The van der Waals surface area contributed by atoms with Gasteiger partial charge in [-0.3, -0.25) is 4.40 Å². The van der Waals surface area contributed by atoms with E-state index < -0.39 is 10.0 Å². The molecule has 0 spiro atoms. The summed E-state index contributed by atoms with van der Waals surface area (Å²) in [5.41, 5.74) is 3.02. The van der Waals surface area contributed by atoms with Crippen molar-refractivity contribution >= 4 is 27.3 Å². The Hall–Kier alpha value is -1.96. The van der Waals surface area contributed by atoms with Crippen molar-refractivity contribution in [1.82, 2.24) is 9.38 Å². The highest BCUT2D eigenvalue weighted by Crippen LogP contribution is 2.33. The van der Waals surface area contributed by atoms with Crippen LogP contribution in [0.1, 0.15) is 5.69 Å². The van der Waals surface area contributed by atoms with Crippen LogP contribution in [-0.4, -0.2) is 28.2 Å². The number of aromatic nitrogens is 2. The second-order valence-corrected chi connectivity index (χ2v) is 10.3. The van der Waals surface area contributed by atoms with Crippen molar-refractivity contribution in [2.45, 2.75) is 0 Å². The Bertz CT molecular complexity index is 928. The summed E-state index contributed by atoms with van der Waals surface area (Å²) in [5.74, 6) is 2.89. The Morgan fingerprint density at radius 3 is 2.43 bits per heavy atom. The molecular weight excluding hydrogens is 331 g/mol. The van der Waals surface area contributed by atoms with Crippen LogP contribution in [-0.2, 0) is 0 Å². The number of benzene rings is 1. The smallest absolute Gasteiger partial charge is 0.139 e. The lowest BCUT2D eigenvalue weighted by Crippen LogP contribution is -1.92.